The van der Waals surface area contributed by atoms with Gasteiger partial charge in [-0.2, -0.15) is 0 Å². The van der Waals surface area contributed by atoms with E-state index in [4.69, 9.17) is 22.1 Å². The van der Waals surface area contributed by atoms with Gasteiger partial charge >= 0.3 is 0 Å². The number of halogens is 1. The molecule has 0 bridgehead atoms. The maximum atomic E-state index is 5.90. The molecule has 0 aliphatic rings. The molecule has 0 atom stereocenters. The quantitative estimate of drug-likeness (QED) is 0.663. The normalized spacial score (nSPS) is 10.4. The minimum atomic E-state index is 0.727. The van der Waals surface area contributed by atoms with Gasteiger partial charge in [-0.15, -0.1) is 0 Å². The van der Waals surface area contributed by atoms with Gasteiger partial charge in [-0.3, -0.25) is 0 Å². The second-order valence-corrected chi connectivity index (χ2v) is 5.55. The first-order chi connectivity index (χ1) is 10.7. The summed E-state index contributed by atoms with van der Waals surface area (Å²) in [6.07, 6.45) is 0.874. The summed E-state index contributed by atoms with van der Waals surface area (Å²) in [7, 11) is 0. The number of nitrogens with two attached hydrogens (primary N) is 1. The van der Waals surface area contributed by atoms with E-state index in [2.05, 4.69) is 12.1 Å². The zero-order valence-electron chi connectivity index (χ0n) is 12.0. The summed E-state index contributed by atoms with van der Waals surface area (Å²) in [6.45, 7) is 0. The predicted molar refractivity (Wildman–Crippen MR) is 91.6 cm³/mol. The summed E-state index contributed by atoms with van der Waals surface area (Å²) < 4.78 is 5.78. The van der Waals surface area contributed by atoms with Crippen molar-refractivity contribution in [2.45, 2.75) is 6.42 Å². The summed E-state index contributed by atoms with van der Waals surface area (Å²) in [5.74, 6) is 1.59. The molecule has 110 valence electrons. The summed E-state index contributed by atoms with van der Waals surface area (Å²) in [4.78, 5) is 0. The van der Waals surface area contributed by atoms with E-state index in [9.17, 15) is 0 Å². The van der Waals surface area contributed by atoms with E-state index < -0.39 is 0 Å². The van der Waals surface area contributed by atoms with Gasteiger partial charge in [0.2, 0.25) is 0 Å². The van der Waals surface area contributed by atoms with E-state index in [0.29, 0.717) is 0 Å². The lowest BCUT2D eigenvalue weighted by molar-refractivity contribution is 0.482. The standard InChI is InChI=1S/C19H16ClNO/c20-16-5-1-14(2-6-16)13-15-3-9-18(10-4-15)22-19-11-7-17(21)8-12-19/h1-12H,13,21H2. The third-order valence-electron chi connectivity index (χ3n) is 3.36. The van der Waals surface area contributed by atoms with Crippen LogP contribution in [-0.2, 0) is 6.42 Å². The van der Waals surface area contributed by atoms with Gasteiger partial charge in [0.25, 0.3) is 0 Å². The predicted octanol–water partition coefficient (Wildman–Crippen LogP) is 5.31. The van der Waals surface area contributed by atoms with Crippen LogP contribution in [-0.4, -0.2) is 0 Å². The molecule has 0 saturated carbocycles. The highest BCUT2D eigenvalue weighted by atomic mass is 35.5. The van der Waals surface area contributed by atoms with Gasteiger partial charge in [-0.1, -0.05) is 35.9 Å². The fourth-order valence-corrected chi connectivity index (χ4v) is 2.31. The maximum Gasteiger partial charge on any atom is 0.127 e. The average molecular weight is 310 g/mol. The van der Waals surface area contributed by atoms with Crippen LogP contribution < -0.4 is 10.5 Å². The SMILES string of the molecule is Nc1ccc(Oc2ccc(Cc3ccc(Cl)cc3)cc2)cc1. The van der Waals surface area contributed by atoms with E-state index in [0.717, 1.165) is 28.6 Å². The van der Waals surface area contributed by atoms with Crippen molar-refractivity contribution < 1.29 is 4.74 Å². The van der Waals surface area contributed by atoms with E-state index >= 15 is 0 Å². The molecule has 0 aliphatic carbocycles. The number of hydrogen-bond donors (Lipinski definition) is 1. The largest absolute Gasteiger partial charge is 0.457 e. The third kappa shape index (κ3) is 3.80. The number of nitrogen functional groups attached to an aromatic ring is 1. The van der Waals surface area contributed by atoms with Gasteiger partial charge < -0.3 is 10.5 Å². The highest BCUT2D eigenvalue weighted by molar-refractivity contribution is 6.30. The Morgan fingerprint density at radius 3 is 1.68 bits per heavy atom. The molecule has 0 aromatic heterocycles. The molecule has 3 aromatic rings. The smallest absolute Gasteiger partial charge is 0.127 e. The van der Waals surface area contributed by atoms with Crippen LogP contribution >= 0.6 is 11.6 Å². The van der Waals surface area contributed by atoms with Crippen LogP contribution in [0, 0.1) is 0 Å². The molecule has 0 radical (unpaired) electrons. The number of hydrogen-bond acceptors (Lipinski definition) is 2. The summed E-state index contributed by atoms with van der Waals surface area (Å²) >= 11 is 5.90. The Kier molecular flexibility index (Phi) is 4.31. The summed E-state index contributed by atoms with van der Waals surface area (Å²) in [5.41, 5.74) is 8.85. The minimum absolute atomic E-state index is 0.727. The molecule has 3 rings (SSSR count). The molecule has 0 unspecified atom stereocenters. The highest BCUT2D eigenvalue weighted by Gasteiger charge is 2.00. The van der Waals surface area contributed by atoms with Gasteiger partial charge in [-0.25, -0.2) is 0 Å². The minimum Gasteiger partial charge on any atom is -0.457 e. The summed E-state index contributed by atoms with van der Waals surface area (Å²) in [6, 6.07) is 23.4. The molecule has 0 fully saturated rings. The average Bonchev–Trinajstić information content (AvgIpc) is 2.54. The zero-order chi connectivity index (χ0) is 15.4. The van der Waals surface area contributed by atoms with Crippen molar-refractivity contribution in [3.05, 3.63) is 88.9 Å². The van der Waals surface area contributed by atoms with Crippen LogP contribution in [0.15, 0.2) is 72.8 Å². The number of anilines is 1. The molecule has 0 aliphatic heterocycles. The Bertz CT molecular complexity index is 667. The van der Waals surface area contributed by atoms with E-state index in [1.54, 1.807) is 0 Å². The second kappa shape index (κ2) is 6.54. The maximum absolute atomic E-state index is 5.90. The van der Waals surface area contributed by atoms with Crippen LogP contribution in [0.4, 0.5) is 5.69 Å². The topological polar surface area (TPSA) is 35.2 Å². The first-order valence-corrected chi connectivity index (χ1v) is 7.44. The number of rotatable bonds is 4. The fraction of sp³-hybridized carbons (Fsp3) is 0.0526. The van der Waals surface area contributed by atoms with Crippen LogP contribution in [0.1, 0.15) is 11.1 Å². The lowest BCUT2D eigenvalue weighted by Gasteiger charge is -2.07. The Labute approximate surface area is 135 Å². The second-order valence-electron chi connectivity index (χ2n) is 5.12. The van der Waals surface area contributed by atoms with Crippen molar-refractivity contribution in [2.75, 3.05) is 5.73 Å². The van der Waals surface area contributed by atoms with Crippen molar-refractivity contribution in [2.24, 2.45) is 0 Å². The molecular formula is C19H16ClNO. The van der Waals surface area contributed by atoms with Crippen molar-refractivity contribution in [3.63, 3.8) is 0 Å². The van der Waals surface area contributed by atoms with Crippen LogP contribution in [0.25, 0.3) is 0 Å². The van der Waals surface area contributed by atoms with Gasteiger partial charge in [0.05, 0.1) is 0 Å². The van der Waals surface area contributed by atoms with E-state index in [-0.39, 0.29) is 0 Å². The van der Waals surface area contributed by atoms with E-state index in [1.165, 1.54) is 11.1 Å². The van der Waals surface area contributed by atoms with Gasteiger partial charge in [0.15, 0.2) is 0 Å². The van der Waals surface area contributed by atoms with Crippen molar-refractivity contribution >= 4 is 17.3 Å². The molecular weight excluding hydrogens is 294 g/mol. The number of ether oxygens (including phenoxy) is 1. The molecule has 2 N–H and O–H groups in total. The molecule has 2 nitrogen and oxygen atoms in total. The van der Waals surface area contributed by atoms with Gasteiger partial charge in [-0.05, 0) is 66.1 Å². The van der Waals surface area contributed by atoms with Crippen molar-refractivity contribution in [3.8, 4) is 11.5 Å². The first-order valence-electron chi connectivity index (χ1n) is 7.06. The fourth-order valence-electron chi connectivity index (χ4n) is 2.19. The summed E-state index contributed by atoms with van der Waals surface area (Å²) in [5, 5.41) is 0.760. The lowest BCUT2D eigenvalue weighted by atomic mass is 10.1. The van der Waals surface area contributed by atoms with Crippen molar-refractivity contribution in [1.82, 2.24) is 0 Å². The van der Waals surface area contributed by atoms with E-state index in [1.807, 2.05) is 60.7 Å². The zero-order valence-corrected chi connectivity index (χ0v) is 12.8. The third-order valence-corrected chi connectivity index (χ3v) is 3.61. The van der Waals surface area contributed by atoms with Gasteiger partial charge in [0, 0.05) is 10.7 Å². The van der Waals surface area contributed by atoms with Crippen LogP contribution in [0.2, 0.25) is 5.02 Å². The monoisotopic (exact) mass is 309 g/mol. The molecule has 22 heavy (non-hydrogen) atoms. The Morgan fingerprint density at radius 1 is 0.682 bits per heavy atom. The first kappa shape index (κ1) is 14.5. The van der Waals surface area contributed by atoms with Gasteiger partial charge in [0.1, 0.15) is 11.5 Å². The highest BCUT2D eigenvalue weighted by Crippen LogP contribution is 2.23. The molecule has 0 amide bonds. The van der Waals surface area contributed by atoms with Crippen molar-refractivity contribution in [1.29, 1.82) is 0 Å². The molecule has 0 saturated heterocycles. The van der Waals surface area contributed by atoms with Crippen LogP contribution in [0.3, 0.4) is 0 Å². The Balaban J connectivity index is 1.67. The number of benzene rings is 3. The Morgan fingerprint density at radius 2 is 1.14 bits per heavy atom. The van der Waals surface area contributed by atoms with Crippen LogP contribution in [0.5, 0.6) is 11.5 Å². The lowest BCUT2D eigenvalue weighted by Crippen LogP contribution is -1.89. The molecule has 3 heteroatoms. The molecule has 3 aromatic carbocycles. The Hall–Kier alpha value is -2.45. The molecule has 0 spiro atoms. The molecule has 0 heterocycles.